The first kappa shape index (κ1) is 7.35. The van der Waals surface area contributed by atoms with Crippen LogP contribution in [-0.4, -0.2) is 12.5 Å². The Morgan fingerprint density at radius 3 is 2.92 bits per heavy atom. The van der Waals surface area contributed by atoms with E-state index in [0.29, 0.717) is 5.92 Å². The number of rotatable bonds is 0. The van der Waals surface area contributed by atoms with Crippen LogP contribution >= 0.6 is 0 Å². The van der Waals surface area contributed by atoms with E-state index in [-0.39, 0.29) is 5.91 Å². The smallest absolute Gasteiger partial charge is 0.251 e. The van der Waals surface area contributed by atoms with Crippen molar-refractivity contribution in [2.75, 3.05) is 6.54 Å². The monoisotopic (exact) mass is 161 g/mol. The Morgan fingerprint density at radius 1 is 1.42 bits per heavy atom. The van der Waals surface area contributed by atoms with Gasteiger partial charge in [-0.25, -0.2) is 0 Å². The standard InChI is InChI=1S/C10H11NO/c1-7-6-11-10(12)9-5-3-2-4-8(7)9/h2-5,7H,6H2,1H3,(H,11,12)/t7-/m0/s1. The maximum Gasteiger partial charge on any atom is 0.251 e. The minimum Gasteiger partial charge on any atom is -0.351 e. The van der Waals surface area contributed by atoms with Gasteiger partial charge in [-0.1, -0.05) is 25.1 Å². The lowest BCUT2D eigenvalue weighted by atomic mass is 9.92. The summed E-state index contributed by atoms with van der Waals surface area (Å²) in [5.41, 5.74) is 2.00. The Hall–Kier alpha value is -1.31. The van der Waals surface area contributed by atoms with E-state index >= 15 is 0 Å². The summed E-state index contributed by atoms with van der Waals surface area (Å²) in [6, 6.07) is 7.78. The molecule has 0 spiro atoms. The highest BCUT2D eigenvalue weighted by Crippen LogP contribution is 2.22. The van der Waals surface area contributed by atoms with Gasteiger partial charge in [0.05, 0.1) is 0 Å². The topological polar surface area (TPSA) is 29.1 Å². The summed E-state index contributed by atoms with van der Waals surface area (Å²) in [5.74, 6) is 0.502. The highest BCUT2D eigenvalue weighted by molar-refractivity contribution is 5.96. The van der Waals surface area contributed by atoms with E-state index in [4.69, 9.17) is 0 Å². The van der Waals surface area contributed by atoms with E-state index in [1.165, 1.54) is 5.56 Å². The Morgan fingerprint density at radius 2 is 2.17 bits per heavy atom. The number of hydrogen-bond acceptors (Lipinski definition) is 1. The third-order valence-electron chi connectivity index (χ3n) is 2.31. The molecule has 2 heteroatoms. The van der Waals surface area contributed by atoms with Crippen LogP contribution in [0.5, 0.6) is 0 Å². The zero-order valence-corrected chi connectivity index (χ0v) is 7.00. The third-order valence-corrected chi connectivity index (χ3v) is 2.31. The molecule has 0 saturated carbocycles. The van der Waals surface area contributed by atoms with Gasteiger partial charge in [-0.15, -0.1) is 0 Å². The predicted molar refractivity (Wildman–Crippen MR) is 47.2 cm³/mol. The Balaban J connectivity index is 2.55. The van der Waals surface area contributed by atoms with Crippen molar-refractivity contribution in [2.24, 2.45) is 0 Å². The first-order chi connectivity index (χ1) is 5.79. The van der Waals surface area contributed by atoms with Gasteiger partial charge < -0.3 is 5.32 Å². The minimum atomic E-state index is 0.0590. The maximum absolute atomic E-state index is 11.3. The summed E-state index contributed by atoms with van der Waals surface area (Å²) in [6.45, 7) is 2.88. The number of hydrogen-bond donors (Lipinski definition) is 1. The van der Waals surface area contributed by atoms with Crippen LogP contribution < -0.4 is 5.32 Å². The second kappa shape index (κ2) is 2.63. The zero-order valence-electron chi connectivity index (χ0n) is 7.00. The second-order valence-corrected chi connectivity index (χ2v) is 3.20. The largest absolute Gasteiger partial charge is 0.351 e. The fraction of sp³-hybridized carbons (Fsp3) is 0.300. The molecule has 0 radical (unpaired) electrons. The average Bonchev–Trinajstić information content (AvgIpc) is 2.12. The molecule has 0 bridgehead atoms. The maximum atomic E-state index is 11.3. The second-order valence-electron chi connectivity index (χ2n) is 3.20. The molecular weight excluding hydrogens is 150 g/mol. The average molecular weight is 161 g/mol. The highest BCUT2D eigenvalue weighted by atomic mass is 16.1. The van der Waals surface area contributed by atoms with Crippen molar-refractivity contribution in [3.8, 4) is 0 Å². The van der Waals surface area contributed by atoms with E-state index in [2.05, 4.69) is 12.2 Å². The first-order valence-electron chi connectivity index (χ1n) is 4.16. The molecule has 12 heavy (non-hydrogen) atoms. The van der Waals surface area contributed by atoms with Gasteiger partial charge >= 0.3 is 0 Å². The molecule has 1 N–H and O–H groups in total. The number of carbonyl (C=O) groups excluding carboxylic acids is 1. The van der Waals surface area contributed by atoms with Gasteiger partial charge in [0.15, 0.2) is 0 Å². The van der Waals surface area contributed by atoms with E-state index < -0.39 is 0 Å². The van der Waals surface area contributed by atoms with Crippen molar-refractivity contribution in [3.63, 3.8) is 0 Å². The van der Waals surface area contributed by atoms with Crippen LogP contribution in [0.3, 0.4) is 0 Å². The fourth-order valence-electron chi connectivity index (χ4n) is 1.58. The van der Waals surface area contributed by atoms with Crippen molar-refractivity contribution in [1.82, 2.24) is 5.32 Å². The van der Waals surface area contributed by atoms with Crippen LogP contribution in [0.4, 0.5) is 0 Å². The SMILES string of the molecule is C[C@H]1CNC(=O)c2ccccc21. The van der Waals surface area contributed by atoms with Crippen molar-refractivity contribution < 1.29 is 4.79 Å². The van der Waals surface area contributed by atoms with Gasteiger partial charge in [-0.2, -0.15) is 0 Å². The summed E-state index contributed by atoms with van der Waals surface area (Å²) in [5, 5.41) is 2.85. The van der Waals surface area contributed by atoms with E-state index in [0.717, 1.165) is 12.1 Å². The fourth-order valence-corrected chi connectivity index (χ4v) is 1.58. The van der Waals surface area contributed by atoms with E-state index in [1.54, 1.807) is 0 Å². The molecule has 0 aliphatic carbocycles. The summed E-state index contributed by atoms with van der Waals surface area (Å²) in [7, 11) is 0. The number of nitrogens with one attached hydrogen (secondary N) is 1. The minimum absolute atomic E-state index is 0.0590. The molecule has 1 aliphatic heterocycles. The van der Waals surface area contributed by atoms with Gasteiger partial charge in [0, 0.05) is 12.1 Å². The molecule has 1 atom stereocenters. The molecule has 0 unspecified atom stereocenters. The van der Waals surface area contributed by atoms with Gasteiger partial charge in [-0.3, -0.25) is 4.79 Å². The molecule has 2 rings (SSSR count). The normalized spacial score (nSPS) is 21.4. The summed E-state index contributed by atoms with van der Waals surface area (Å²) >= 11 is 0. The lowest BCUT2D eigenvalue weighted by Crippen LogP contribution is -2.33. The van der Waals surface area contributed by atoms with Crippen molar-refractivity contribution in [2.45, 2.75) is 12.8 Å². The molecule has 1 amide bonds. The van der Waals surface area contributed by atoms with E-state index in [9.17, 15) is 4.79 Å². The Labute approximate surface area is 71.6 Å². The van der Waals surface area contributed by atoms with Gasteiger partial charge in [-0.05, 0) is 17.5 Å². The van der Waals surface area contributed by atoms with Crippen LogP contribution in [0.2, 0.25) is 0 Å². The third kappa shape index (κ3) is 0.998. The highest BCUT2D eigenvalue weighted by Gasteiger charge is 2.20. The molecule has 0 fully saturated rings. The number of amides is 1. The number of fused-ring (bicyclic) bond motifs is 1. The molecule has 1 aromatic carbocycles. The van der Waals surface area contributed by atoms with E-state index in [1.807, 2.05) is 24.3 Å². The van der Waals surface area contributed by atoms with Crippen LogP contribution in [0.1, 0.15) is 28.8 Å². The molecule has 1 aliphatic rings. The number of carbonyl (C=O) groups is 1. The lowest BCUT2D eigenvalue weighted by molar-refractivity contribution is 0.0941. The zero-order chi connectivity index (χ0) is 8.55. The number of benzene rings is 1. The van der Waals surface area contributed by atoms with Gasteiger partial charge in [0.1, 0.15) is 0 Å². The van der Waals surface area contributed by atoms with Gasteiger partial charge in [0.2, 0.25) is 0 Å². The molecule has 0 aromatic heterocycles. The first-order valence-corrected chi connectivity index (χ1v) is 4.16. The summed E-state index contributed by atoms with van der Waals surface area (Å²) in [6.07, 6.45) is 0. The van der Waals surface area contributed by atoms with Crippen LogP contribution in [0, 0.1) is 0 Å². The quantitative estimate of drug-likeness (QED) is 0.614. The Kier molecular flexibility index (Phi) is 1.61. The summed E-state index contributed by atoms with van der Waals surface area (Å²) in [4.78, 5) is 11.3. The van der Waals surface area contributed by atoms with Crippen LogP contribution in [0.15, 0.2) is 24.3 Å². The van der Waals surface area contributed by atoms with Gasteiger partial charge in [0.25, 0.3) is 5.91 Å². The van der Waals surface area contributed by atoms with Crippen molar-refractivity contribution >= 4 is 5.91 Å². The van der Waals surface area contributed by atoms with Crippen LogP contribution in [-0.2, 0) is 0 Å². The lowest BCUT2D eigenvalue weighted by Gasteiger charge is -2.22. The van der Waals surface area contributed by atoms with Crippen molar-refractivity contribution in [3.05, 3.63) is 35.4 Å². The Bertz CT molecular complexity index is 319. The molecule has 0 saturated heterocycles. The molecule has 62 valence electrons. The molecular formula is C10H11NO. The summed E-state index contributed by atoms with van der Waals surface area (Å²) < 4.78 is 0. The predicted octanol–water partition coefficient (Wildman–Crippen LogP) is 1.53. The molecule has 2 nitrogen and oxygen atoms in total. The molecule has 1 aromatic rings. The van der Waals surface area contributed by atoms with Crippen LogP contribution in [0.25, 0.3) is 0 Å². The van der Waals surface area contributed by atoms with Crippen molar-refractivity contribution in [1.29, 1.82) is 0 Å². The molecule has 1 heterocycles.